The quantitative estimate of drug-likeness (QED) is 0.174. The normalized spacial score (nSPS) is 27.1. The van der Waals surface area contributed by atoms with E-state index in [1.165, 1.54) is 4.90 Å². The van der Waals surface area contributed by atoms with Crippen LogP contribution >= 0.6 is 0 Å². The van der Waals surface area contributed by atoms with Crippen LogP contribution in [0.5, 0.6) is 0 Å². The average molecular weight is 460 g/mol. The third-order valence-corrected chi connectivity index (χ3v) is 6.65. The van der Waals surface area contributed by atoms with Gasteiger partial charge in [0.05, 0.1) is 18.4 Å². The molecule has 11 nitrogen and oxygen atoms in total. The van der Waals surface area contributed by atoms with Crippen molar-refractivity contribution in [1.82, 2.24) is 9.80 Å². The van der Waals surface area contributed by atoms with E-state index in [9.17, 15) is 29.4 Å². The first-order valence-electron chi connectivity index (χ1n) is 10.8. The third-order valence-electron chi connectivity index (χ3n) is 6.65. The Morgan fingerprint density at radius 2 is 1.76 bits per heavy atom. The number of aliphatic hydroxyl groups is 1. The largest absolute Gasteiger partial charge is 0.480 e. The minimum Gasteiger partial charge on any atom is -0.480 e. The lowest BCUT2D eigenvalue weighted by atomic mass is 9.79. The molecule has 0 aromatic heterocycles. The van der Waals surface area contributed by atoms with Crippen molar-refractivity contribution in [3.05, 3.63) is 35.4 Å². The van der Waals surface area contributed by atoms with Gasteiger partial charge in [0.1, 0.15) is 5.84 Å². The van der Waals surface area contributed by atoms with Gasteiger partial charge in [0, 0.05) is 31.1 Å². The summed E-state index contributed by atoms with van der Waals surface area (Å²) < 4.78 is 0. The van der Waals surface area contributed by atoms with E-state index in [0.717, 1.165) is 11.3 Å². The van der Waals surface area contributed by atoms with E-state index in [-0.39, 0.29) is 25.3 Å². The molecular weight excluding hydrogens is 430 g/mol. The first-order chi connectivity index (χ1) is 15.6. The molecule has 11 heteroatoms. The number of carboxylic acids is 1. The fourth-order valence-corrected chi connectivity index (χ4v) is 5.06. The SMILES string of the molecule is CCCCN1C(=O)C2C(c3ccc(C(=N)N)cc3)N(CCC(N)=O)C(CO)(C(=O)O)C2C1=O. The number of hydrogen-bond acceptors (Lipinski definition) is 7. The molecule has 4 atom stereocenters. The van der Waals surface area contributed by atoms with Crippen LogP contribution in [0.2, 0.25) is 0 Å². The Balaban J connectivity index is 2.18. The first-order valence-corrected chi connectivity index (χ1v) is 10.8. The molecule has 1 aromatic rings. The number of nitrogens with zero attached hydrogens (tertiary/aromatic N) is 2. The minimum atomic E-state index is -2.10. The van der Waals surface area contributed by atoms with Crippen LogP contribution < -0.4 is 11.5 Å². The number of unbranched alkanes of at least 4 members (excludes halogenated alkanes) is 1. The van der Waals surface area contributed by atoms with Gasteiger partial charge in [-0.1, -0.05) is 37.6 Å². The lowest BCUT2D eigenvalue weighted by molar-refractivity contribution is -0.162. The Bertz CT molecular complexity index is 980. The van der Waals surface area contributed by atoms with E-state index in [1.807, 2.05) is 6.92 Å². The van der Waals surface area contributed by atoms with Crippen LogP contribution in [-0.2, 0) is 19.2 Å². The highest BCUT2D eigenvalue weighted by atomic mass is 16.4. The number of benzene rings is 1. The number of nitrogen functional groups attached to an aromatic ring is 1. The number of nitrogens with two attached hydrogens (primary N) is 2. The summed E-state index contributed by atoms with van der Waals surface area (Å²) in [5, 5.41) is 28.2. The zero-order valence-electron chi connectivity index (χ0n) is 18.4. The predicted molar refractivity (Wildman–Crippen MR) is 117 cm³/mol. The molecule has 0 saturated carbocycles. The van der Waals surface area contributed by atoms with Crippen molar-refractivity contribution in [2.45, 2.75) is 37.8 Å². The average Bonchev–Trinajstić information content (AvgIpc) is 3.21. The van der Waals surface area contributed by atoms with E-state index in [1.54, 1.807) is 24.3 Å². The van der Waals surface area contributed by atoms with Gasteiger partial charge in [-0.25, -0.2) is 0 Å². The smallest absolute Gasteiger partial charge is 0.327 e. The van der Waals surface area contributed by atoms with E-state index in [4.69, 9.17) is 16.9 Å². The van der Waals surface area contributed by atoms with Gasteiger partial charge in [-0.05, 0) is 12.0 Å². The standard InChI is InChI=1S/C22H29N5O6/c1-2-3-9-26-19(30)15-16(20(26)31)22(11-28,21(32)33)27(10-8-14(23)29)17(15)12-4-6-13(7-5-12)18(24)25/h4-7,15-17,28H,2-3,8-11H2,1H3,(H2,23,29)(H3,24,25)(H,32,33). The number of aliphatic hydroxyl groups excluding tert-OH is 1. The van der Waals surface area contributed by atoms with Crippen LogP contribution in [-0.4, -0.2) is 74.8 Å². The highest BCUT2D eigenvalue weighted by molar-refractivity contribution is 6.09. The molecule has 2 fully saturated rings. The molecule has 1 aromatic carbocycles. The molecule has 0 bridgehead atoms. The number of amidine groups is 1. The molecule has 3 rings (SSSR count). The van der Waals surface area contributed by atoms with Gasteiger partial charge in [0.25, 0.3) is 0 Å². The first kappa shape index (κ1) is 24.3. The Morgan fingerprint density at radius 3 is 2.24 bits per heavy atom. The Morgan fingerprint density at radius 1 is 1.12 bits per heavy atom. The maximum Gasteiger partial charge on any atom is 0.327 e. The molecule has 33 heavy (non-hydrogen) atoms. The molecule has 2 aliphatic heterocycles. The topological polar surface area (TPSA) is 191 Å². The molecule has 0 spiro atoms. The van der Waals surface area contributed by atoms with Crippen molar-refractivity contribution in [3.63, 3.8) is 0 Å². The van der Waals surface area contributed by atoms with Crippen LogP contribution in [0.1, 0.15) is 43.4 Å². The van der Waals surface area contributed by atoms with Gasteiger partial charge in [0.15, 0.2) is 5.54 Å². The molecule has 178 valence electrons. The summed E-state index contributed by atoms with van der Waals surface area (Å²) in [5.74, 6) is -5.82. The predicted octanol–water partition coefficient (Wildman–Crippen LogP) is -0.580. The van der Waals surface area contributed by atoms with Gasteiger partial charge < -0.3 is 21.7 Å². The number of likely N-dealkylation sites (tertiary alicyclic amines) is 2. The summed E-state index contributed by atoms with van der Waals surface area (Å²) in [7, 11) is 0. The monoisotopic (exact) mass is 459 g/mol. The van der Waals surface area contributed by atoms with Crippen molar-refractivity contribution in [1.29, 1.82) is 5.41 Å². The number of hydrogen-bond donors (Lipinski definition) is 5. The van der Waals surface area contributed by atoms with Crippen molar-refractivity contribution in [3.8, 4) is 0 Å². The molecule has 7 N–H and O–H groups in total. The van der Waals surface area contributed by atoms with Crippen LogP contribution in [0.25, 0.3) is 0 Å². The van der Waals surface area contributed by atoms with Crippen LogP contribution in [0.3, 0.4) is 0 Å². The number of primary amides is 1. The molecule has 4 unspecified atom stereocenters. The van der Waals surface area contributed by atoms with Crippen LogP contribution in [0.4, 0.5) is 0 Å². The zero-order chi connectivity index (χ0) is 24.5. The summed E-state index contributed by atoms with van der Waals surface area (Å²) in [4.78, 5) is 53.4. The highest BCUT2D eigenvalue weighted by Gasteiger charge is 2.71. The molecule has 0 aliphatic carbocycles. The molecular formula is C22H29N5O6. The number of nitrogens with one attached hydrogen (secondary N) is 1. The summed E-state index contributed by atoms with van der Waals surface area (Å²) in [6.07, 6.45) is 1.08. The van der Waals surface area contributed by atoms with E-state index in [0.29, 0.717) is 17.5 Å². The van der Waals surface area contributed by atoms with Gasteiger partial charge in [-0.2, -0.15) is 0 Å². The minimum absolute atomic E-state index is 0.162. The van der Waals surface area contributed by atoms with Gasteiger partial charge in [-0.3, -0.25) is 34.4 Å². The Kier molecular flexibility index (Phi) is 6.84. The molecule has 2 heterocycles. The summed E-state index contributed by atoms with van der Waals surface area (Å²) >= 11 is 0. The number of amides is 3. The number of carbonyl (C=O) groups is 4. The number of rotatable bonds is 10. The van der Waals surface area contributed by atoms with Crippen LogP contribution in [0, 0.1) is 17.2 Å². The maximum atomic E-state index is 13.4. The molecule has 2 aliphatic rings. The number of imide groups is 1. The van der Waals surface area contributed by atoms with Crippen molar-refractivity contribution in [2.24, 2.45) is 23.3 Å². The summed E-state index contributed by atoms with van der Waals surface area (Å²) in [6.45, 7) is 0.987. The third kappa shape index (κ3) is 3.87. The zero-order valence-corrected chi connectivity index (χ0v) is 18.4. The Labute approximate surface area is 190 Å². The second kappa shape index (κ2) is 9.28. The lowest BCUT2D eigenvalue weighted by Gasteiger charge is -2.39. The molecule has 2 saturated heterocycles. The number of carboxylic acid groups (broad SMARTS) is 1. The number of carbonyl (C=O) groups excluding carboxylic acids is 3. The van der Waals surface area contributed by atoms with Gasteiger partial charge in [-0.15, -0.1) is 0 Å². The summed E-state index contributed by atoms with van der Waals surface area (Å²) in [6, 6.07) is 5.44. The van der Waals surface area contributed by atoms with Crippen LogP contribution in [0.15, 0.2) is 24.3 Å². The van der Waals surface area contributed by atoms with Gasteiger partial charge >= 0.3 is 5.97 Å². The Hall–Kier alpha value is -3.31. The number of aliphatic carboxylic acids is 1. The molecule has 0 radical (unpaired) electrons. The molecule has 3 amide bonds. The second-order valence-corrected chi connectivity index (χ2v) is 8.46. The highest BCUT2D eigenvalue weighted by Crippen LogP contribution is 2.55. The van der Waals surface area contributed by atoms with E-state index < -0.39 is 53.7 Å². The van der Waals surface area contributed by atoms with E-state index in [2.05, 4.69) is 0 Å². The van der Waals surface area contributed by atoms with Crippen molar-refractivity contribution < 1.29 is 29.4 Å². The lowest BCUT2D eigenvalue weighted by Crippen LogP contribution is -2.60. The second-order valence-electron chi connectivity index (χ2n) is 8.46. The summed E-state index contributed by atoms with van der Waals surface area (Å²) in [5.41, 5.74) is 9.67. The van der Waals surface area contributed by atoms with Gasteiger partial charge in [0.2, 0.25) is 17.7 Å². The fraction of sp³-hybridized carbons (Fsp3) is 0.500. The van der Waals surface area contributed by atoms with Crippen molar-refractivity contribution >= 4 is 29.5 Å². The maximum absolute atomic E-state index is 13.4. The fourth-order valence-electron chi connectivity index (χ4n) is 5.06. The van der Waals surface area contributed by atoms with E-state index >= 15 is 0 Å². The number of fused-ring (bicyclic) bond motifs is 1. The van der Waals surface area contributed by atoms with Crippen molar-refractivity contribution in [2.75, 3.05) is 19.7 Å².